The van der Waals surface area contributed by atoms with Gasteiger partial charge in [-0.15, -0.1) is 0 Å². The number of carbonyl (C=O) groups excluding carboxylic acids is 1. The van der Waals surface area contributed by atoms with Crippen molar-refractivity contribution in [1.82, 2.24) is 18.8 Å². The lowest BCUT2D eigenvalue weighted by Gasteiger charge is -2.31. The highest BCUT2D eigenvalue weighted by atomic mass is 32.2. The number of benzene rings is 1. The number of sulfonamides is 1. The third-order valence-electron chi connectivity index (χ3n) is 8.13. The molecule has 0 atom stereocenters. The quantitative estimate of drug-likeness (QED) is 0.433. The second-order valence-corrected chi connectivity index (χ2v) is 13.0. The number of nitrogens with zero attached hydrogens (tertiary/aromatic N) is 5. The van der Waals surface area contributed by atoms with Crippen molar-refractivity contribution < 1.29 is 26.4 Å². The number of halogens is 3. The summed E-state index contributed by atoms with van der Waals surface area (Å²) in [6.07, 6.45) is -0.787. The van der Waals surface area contributed by atoms with Crippen molar-refractivity contribution in [2.24, 2.45) is 5.92 Å². The minimum absolute atomic E-state index is 0.0596. The third kappa shape index (κ3) is 5.43. The molecule has 0 bridgehead atoms. The number of fused-ring (bicyclic) bond motifs is 1. The fraction of sp³-hybridized carbons (Fsp3) is 0.500. The Labute approximate surface area is 232 Å². The number of amides is 1. The van der Waals surface area contributed by atoms with Crippen molar-refractivity contribution in [3.8, 4) is 0 Å². The maximum Gasteiger partial charge on any atom is 0.436 e. The van der Waals surface area contributed by atoms with Crippen LogP contribution in [0.2, 0.25) is 0 Å². The van der Waals surface area contributed by atoms with E-state index in [1.807, 2.05) is 19.0 Å². The van der Waals surface area contributed by atoms with Gasteiger partial charge in [0.15, 0.2) is 5.69 Å². The minimum atomic E-state index is -4.77. The maximum absolute atomic E-state index is 14.0. The van der Waals surface area contributed by atoms with Crippen molar-refractivity contribution in [2.45, 2.75) is 49.6 Å². The van der Waals surface area contributed by atoms with Gasteiger partial charge in [0.25, 0.3) is 5.91 Å². The van der Waals surface area contributed by atoms with Crippen molar-refractivity contribution >= 4 is 27.1 Å². The van der Waals surface area contributed by atoms with Crippen LogP contribution in [-0.4, -0.2) is 73.4 Å². The van der Waals surface area contributed by atoms with Gasteiger partial charge in [0.2, 0.25) is 10.0 Å². The third-order valence-corrected chi connectivity index (χ3v) is 10.0. The molecule has 0 spiro atoms. The molecule has 0 unspecified atom stereocenters. The van der Waals surface area contributed by atoms with E-state index in [1.54, 1.807) is 36.4 Å². The SMILES string of the molecule is CC1CCN(C(=O)c2c(C(F)(F)F)nn3ccc(C4CCN(S(=O)(=O)c5ccc(N(C)C)cc5)CC4)cc23)CC1. The van der Waals surface area contributed by atoms with Crippen molar-refractivity contribution in [2.75, 3.05) is 45.2 Å². The molecule has 1 amide bonds. The Morgan fingerprint density at radius 2 is 1.60 bits per heavy atom. The Hall–Kier alpha value is -3.12. The number of rotatable bonds is 5. The summed E-state index contributed by atoms with van der Waals surface area (Å²) in [6.45, 7) is 3.48. The number of anilines is 1. The van der Waals surface area contributed by atoms with Crippen LogP contribution < -0.4 is 4.90 Å². The molecule has 2 aliphatic heterocycles. The molecule has 0 saturated carbocycles. The zero-order chi connectivity index (χ0) is 28.8. The summed E-state index contributed by atoms with van der Waals surface area (Å²) in [5, 5.41) is 3.75. The second kappa shape index (κ2) is 10.7. The van der Waals surface area contributed by atoms with Crippen molar-refractivity contribution in [3.63, 3.8) is 0 Å². The molecule has 1 aromatic carbocycles. The van der Waals surface area contributed by atoms with Crippen LogP contribution in [0.1, 0.15) is 60.1 Å². The van der Waals surface area contributed by atoms with Crippen LogP contribution in [-0.2, 0) is 16.2 Å². The molecular formula is C28H34F3N5O3S. The van der Waals surface area contributed by atoms with Gasteiger partial charge in [-0.25, -0.2) is 12.9 Å². The number of hydrogen-bond donors (Lipinski definition) is 0. The first-order valence-electron chi connectivity index (χ1n) is 13.5. The molecule has 216 valence electrons. The van der Waals surface area contributed by atoms with E-state index in [0.29, 0.717) is 44.9 Å². The predicted molar refractivity (Wildman–Crippen MR) is 146 cm³/mol. The molecular weight excluding hydrogens is 543 g/mol. The maximum atomic E-state index is 14.0. The van der Waals surface area contributed by atoms with Gasteiger partial charge in [0.05, 0.1) is 16.0 Å². The van der Waals surface area contributed by atoms with E-state index in [1.165, 1.54) is 15.4 Å². The summed E-state index contributed by atoms with van der Waals surface area (Å²) in [7, 11) is 0.0963. The van der Waals surface area contributed by atoms with E-state index in [2.05, 4.69) is 12.0 Å². The smallest absolute Gasteiger partial charge is 0.378 e. The number of piperidine rings is 2. The molecule has 0 aliphatic carbocycles. The van der Waals surface area contributed by atoms with Crippen LogP contribution in [0.3, 0.4) is 0 Å². The Morgan fingerprint density at radius 3 is 2.17 bits per heavy atom. The normalized spacial score (nSPS) is 18.4. The fourth-order valence-corrected chi connectivity index (χ4v) is 7.06. The molecule has 12 heteroatoms. The van der Waals surface area contributed by atoms with Crippen molar-refractivity contribution in [3.05, 3.63) is 59.4 Å². The van der Waals surface area contributed by atoms with Gasteiger partial charge in [-0.05, 0) is 79.5 Å². The van der Waals surface area contributed by atoms with E-state index in [4.69, 9.17) is 0 Å². The summed E-state index contributed by atoms with van der Waals surface area (Å²) in [5.41, 5.74) is 0.216. The Morgan fingerprint density at radius 1 is 0.975 bits per heavy atom. The van der Waals surface area contributed by atoms with E-state index in [9.17, 15) is 26.4 Å². The molecule has 2 fully saturated rings. The highest BCUT2D eigenvalue weighted by Gasteiger charge is 2.42. The minimum Gasteiger partial charge on any atom is -0.378 e. The van der Waals surface area contributed by atoms with Gasteiger partial charge in [0, 0.05) is 52.2 Å². The molecule has 5 rings (SSSR count). The zero-order valence-corrected chi connectivity index (χ0v) is 23.7. The molecule has 2 saturated heterocycles. The van der Waals surface area contributed by atoms with E-state index < -0.39 is 33.4 Å². The van der Waals surface area contributed by atoms with Gasteiger partial charge in [-0.3, -0.25) is 4.79 Å². The van der Waals surface area contributed by atoms with Crippen LogP contribution in [0.5, 0.6) is 0 Å². The van der Waals surface area contributed by atoms with Gasteiger partial charge >= 0.3 is 6.18 Å². The molecule has 0 N–H and O–H groups in total. The van der Waals surface area contributed by atoms with Crippen molar-refractivity contribution in [1.29, 1.82) is 0 Å². The lowest BCUT2D eigenvalue weighted by Crippen LogP contribution is -2.38. The molecule has 2 aliphatic rings. The number of aromatic nitrogens is 2. The average Bonchev–Trinajstić information content (AvgIpc) is 3.33. The topological polar surface area (TPSA) is 78.2 Å². The number of carbonyl (C=O) groups is 1. The summed E-state index contributed by atoms with van der Waals surface area (Å²) >= 11 is 0. The molecule has 4 heterocycles. The first kappa shape index (κ1) is 28.4. The second-order valence-electron chi connectivity index (χ2n) is 11.1. The number of likely N-dealkylation sites (tertiary alicyclic amines) is 1. The molecule has 40 heavy (non-hydrogen) atoms. The van der Waals surface area contributed by atoms with Crippen LogP contribution in [0.4, 0.5) is 18.9 Å². The average molecular weight is 578 g/mol. The first-order valence-corrected chi connectivity index (χ1v) is 15.0. The highest BCUT2D eigenvalue weighted by molar-refractivity contribution is 7.89. The fourth-order valence-electron chi connectivity index (χ4n) is 5.59. The van der Waals surface area contributed by atoms with Crippen LogP contribution in [0.25, 0.3) is 5.52 Å². The molecule has 3 aromatic rings. The summed E-state index contributed by atoms with van der Waals surface area (Å²) in [5.74, 6) is -0.281. The molecule has 2 aromatic heterocycles. The lowest BCUT2D eigenvalue weighted by molar-refractivity contribution is -0.141. The Bertz CT molecular complexity index is 1490. The first-order chi connectivity index (χ1) is 18.9. The highest BCUT2D eigenvalue weighted by Crippen LogP contribution is 2.37. The summed E-state index contributed by atoms with van der Waals surface area (Å²) in [4.78, 5) is 17.0. The number of hydrogen-bond acceptors (Lipinski definition) is 5. The monoisotopic (exact) mass is 577 g/mol. The Kier molecular flexibility index (Phi) is 7.60. The molecule has 0 radical (unpaired) electrons. The summed E-state index contributed by atoms with van der Waals surface area (Å²) in [6, 6.07) is 10.1. The van der Waals surface area contributed by atoms with Crippen LogP contribution >= 0.6 is 0 Å². The van der Waals surface area contributed by atoms with Gasteiger partial charge in [0.1, 0.15) is 0 Å². The molecule has 8 nitrogen and oxygen atoms in total. The van der Waals surface area contributed by atoms with E-state index >= 15 is 0 Å². The largest absolute Gasteiger partial charge is 0.436 e. The Balaban J connectivity index is 1.38. The predicted octanol–water partition coefficient (Wildman–Crippen LogP) is 4.86. The van der Waals surface area contributed by atoms with Crippen LogP contribution in [0, 0.1) is 5.92 Å². The number of pyridine rings is 1. The zero-order valence-electron chi connectivity index (χ0n) is 22.9. The lowest BCUT2D eigenvalue weighted by atomic mass is 9.90. The van der Waals surface area contributed by atoms with E-state index in [-0.39, 0.29) is 16.3 Å². The van der Waals surface area contributed by atoms with Gasteiger partial charge < -0.3 is 9.80 Å². The van der Waals surface area contributed by atoms with Gasteiger partial charge in [-0.1, -0.05) is 6.92 Å². The van der Waals surface area contributed by atoms with Gasteiger partial charge in [-0.2, -0.15) is 22.6 Å². The standard InChI is InChI=1S/C28H34F3N5O3S/c1-19-8-13-34(14-9-19)27(37)25-24-18-21(12-17-36(24)32-26(25)28(29,30)31)20-10-15-35(16-11-20)40(38,39)23-6-4-22(5-7-23)33(2)3/h4-7,12,17-20H,8-11,13-16H2,1-3H3. The van der Waals surface area contributed by atoms with Crippen LogP contribution in [0.15, 0.2) is 47.5 Å². The summed E-state index contributed by atoms with van der Waals surface area (Å²) < 4.78 is 71.0. The number of alkyl halides is 3. The van der Waals surface area contributed by atoms with E-state index in [0.717, 1.165) is 28.6 Å².